The average Bonchev–Trinajstić information content (AvgIpc) is 2.95. The van der Waals surface area contributed by atoms with Crippen LogP contribution in [0.4, 0.5) is 0 Å². The van der Waals surface area contributed by atoms with Crippen LogP contribution in [0.1, 0.15) is 50.1 Å². The summed E-state index contributed by atoms with van der Waals surface area (Å²) in [6.07, 6.45) is 11.1. The number of aliphatic hydroxyl groups excluding tert-OH is 1. The zero-order valence-corrected chi connectivity index (χ0v) is 9.60. The molecule has 88 valence electrons. The van der Waals surface area contributed by atoms with Crippen molar-refractivity contribution in [2.75, 3.05) is 0 Å². The number of rotatable bonds is 3. The molecule has 2 aliphatic carbocycles. The highest BCUT2D eigenvalue weighted by Crippen LogP contribution is 2.51. The van der Waals surface area contributed by atoms with Gasteiger partial charge in [-0.25, -0.2) is 4.98 Å². The van der Waals surface area contributed by atoms with E-state index < -0.39 is 0 Å². The van der Waals surface area contributed by atoms with Crippen molar-refractivity contribution in [2.24, 2.45) is 11.8 Å². The number of aromatic amines is 1. The molecule has 1 aromatic heterocycles. The van der Waals surface area contributed by atoms with E-state index in [4.69, 9.17) is 0 Å². The monoisotopic (exact) mass is 220 g/mol. The van der Waals surface area contributed by atoms with Gasteiger partial charge in [-0.2, -0.15) is 0 Å². The molecule has 1 aromatic rings. The van der Waals surface area contributed by atoms with Crippen LogP contribution in [-0.4, -0.2) is 21.2 Å². The molecular weight excluding hydrogens is 200 g/mol. The fourth-order valence-electron chi connectivity index (χ4n) is 3.24. The lowest BCUT2D eigenvalue weighted by molar-refractivity contribution is 0.0641. The predicted molar refractivity (Wildman–Crippen MR) is 62.0 cm³/mol. The van der Waals surface area contributed by atoms with E-state index in [1.54, 1.807) is 6.33 Å². The maximum absolute atomic E-state index is 10.3. The molecule has 3 unspecified atom stereocenters. The number of hydrogen-bond donors (Lipinski definition) is 2. The van der Waals surface area contributed by atoms with Gasteiger partial charge in [-0.15, -0.1) is 0 Å². The van der Waals surface area contributed by atoms with E-state index in [-0.39, 0.29) is 6.10 Å². The van der Waals surface area contributed by atoms with Crippen LogP contribution in [0, 0.1) is 11.8 Å². The maximum Gasteiger partial charge on any atom is 0.0921 e. The number of aliphatic hydroxyl groups is 1. The second-order valence-electron chi connectivity index (χ2n) is 5.40. The quantitative estimate of drug-likeness (QED) is 0.822. The van der Waals surface area contributed by atoms with E-state index in [0.717, 1.165) is 6.42 Å². The van der Waals surface area contributed by atoms with Gasteiger partial charge in [-0.05, 0) is 31.1 Å². The fourth-order valence-corrected chi connectivity index (χ4v) is 3.24. The van der Waals surface area contributed by atoms with Crippen LogP contribution in [0.3, 0.4) is 0 Å². The van der Waals surface area contributed by atoms with E-state index in [0.29, 0.717) is 17.8 Å². The van der Waals surface area contributed by atoms with Crippen LogP contribution in [-0.2, 0) is 0 Å². The van der Waals surface area contributed by atoms with Crippen LogP contribution in [0.15, 0.2) is 12.5 Å². The summed E-state index contributed by atoms with van der Waals surface area (Å²) >= 11 is 0. The molecule has 0 aromatic carbocycles. The molecule has 0 aliphatic heterocycles. The first kappa shape index (κ1) is 10.3. The molecule has 0 saturated heterocycles. The van der Waals surface area contributed by atoms with Gasteiger partial charge in [0.05, 0.1) is 12.4 Å². The predicted octanol–water partition coefficient (Wildman–Crippen LogP) is 2.45. The Bertz CT molecular complexity index is 330. The Kier molecular flexibility index (Phi) is 2.72. The van der Waals surface area contributed by atoms with Gasteiger partial charge < -0.3 is 10.1 Å². The number of nitrogens with one attached hydrogen (secondary N) is 1. The molecule has 0 spiro atoms. The van der Waals surface area contributed by atoms with Crippen molar-refractivity contribution in [1.29, 1.82) is 0 Å². The summed E-state index contributed by atoms with van der Waals surface area (Å²) in [5.41, 5.74) is 1.21. The van der Waals surface area contributed by atoms with Crippen molar-refractivity contribution >= 4 is 0 Å². The van der Waals surface area contributed by atoms with Gasteiger partial charge in [0.2, 0.25) is 0 Å². The van der Waals surface area contributed by atoms with Crippen LogP contribution in [0.2, 0.25) is 0 Å². The van der Waals surface area contributed by atoms with Gasteiger partial charge in [0.25, 0.3) is 0 Å². The van der Waals surface area contributed by atoms with Crippen molar-refractivity contribution in [3.05, 3.63) is 18.2 Å². The largest absolute Gasteiger partial charge is 0.393 e. The molecule has 2 fully saturated rings. The topological polar surface area (TPSA) is 48.9 Å². The highest BCUT2D eigenvalue weighted by Gasteiger charge is 2.46. The van der Waals surface area contributed by atoms with E-state index >= 15 is 0 Å². The van der Waals surface area contributed by atoms with Crippen LogP contribution < -0.4 is 0 Å². The molecule has 2 N–H and O–H groups in total. The summed E-state index contributed by atoms with van der Waals surface area (Å²) in [6.45, 7) is 0. The summed E-state index contributed by atoms with van der Waals surface area (Å²) in [7, 11) is 0. The fraction of sp³-hybridized carbons (Fsp3) is 0.769. The van der Waals surface area contributed by atoms with Crippen molar-refractivity contribution in [1.82, 2.24) is 9.97 Å². The third kappa shape index (κ3) is 1.88. The summed E-state index contributed by atoms with van der Waals surface area (Å²) < 4.78 is 0. The van der Waals surface area contributed by atoms with Crippen LogP contribution in [0.25, 0.3) is 0 Å². The first-order valence-electron chi connectivity index (χ1n) is 6.52. The Labute approximate surface area is 96.3 Å². The van der Waals surface area contributed by atoms with Crippen LogP contribution >= 0.6 is 0 Å². The Morgan fingerprint density at radius 2 is 2.12 bits per heavy atom. The zero-order chi connectivity index (χ0) is 11.0. The molecule has 0 bridgehead atoms. The Hall–Kier alpha value is -0.830. The Balaban J connectivity index is 1.59. The van der Waals surface area contributed by atoms with E-state index in [2.05, 4.69) is 9.97 Å². The van der Waals surface area contributed by atoms with Crippen molar-refractivity contribution in [2.45, 2.75) is 50.5 Å². The average molecular weight is 220 g/mol. The maximum atomic E-state index is 10.3. The van der Waals surface area contributed by atoms with E-state index in [9.17, 15) is 5.11 Å². The molecule has 0 radical (unpaired) electrons. The van der Waals surface area contributed by atoms with E-state index in [1.165, 1.54) is 37.8 Å². The molecule has 3 heteroatoms. The summed E-state index contributed by atoms with van der Waals surface area (Å²) in [6, 6.07) is 0. The van der Waals surface area contributed by atoms with Gasteiger partial charge in [-0.1, -0.05) is 19.3 Å². The standard InChI is InChI=1S/C13H20N2O/c16-13(9-4-2-1-3-5-9)11-6-10(11)12-7-14-8-15-12/h7-11,13,16H,1-6H2,(H,14,15). The summed E-state index contributed by atoms with van der Waals surface area (Å²) in [4.78, 5) is 7.22. The summed E-state index contributed by atoms with van der Waals surface area (Å²) in [5.74, 6) is 1.59. The molecule has 1 heterocycles. The minimum atomic E-state index is -0.0754. The van der Waals surface area contributed by atoms with Gasteiger partial charge in [0, 0.05) is 17.8 Å². The third-order valence-corrected chi connectivity index (χ3v) is 4.33. The molecule has 2 aliphatic rings. The van der Waals surface area contributed by atoms with Crippen molar-refractivity contribution < 1.29 is 5.11 Å². The number of nitrogens with zero attached hydrogens (tertiary/aromatic N) is 1. The lowest BCUT2D eigenvalue weighted by atomic mass is 9.83. The van der Waals surface area contributed by atoms with Crippen molar-refractivity contribution in [3.8, 4) is 0 Å². The smallest absolute Gasteiger partial charge is 0.0921 e. The second-order valence-corrected chi connectivity index (χ2v) is 5.40. The molecule has 3 nitrogen and oxygen atoms in total. The molecular formula is C13H20N2O. The van der Waals surface area contributed by atoms with Crippen molar-refractivity contribution in [3.63, 3.8) is 0 Å². The third-order valence-electron chi connectivity index (χ3n) is 4.33. The molecule has 16 heavy (non-hydrogen) atoms. The highest BCUT2D eigenvalue weighted by atomic mass is 16.3. The number of hydrogen-bond acceptors (Lipinski definition) is 2. The van der Waals surface area contributed by atoms with Gasteiger partial charge in [-0.3, -0.25) is 0 Å². The van der Waals surface area contributed by atoms with Crippen LogP contribution in [0.5, 0.6) is 0 Å². The molecule has 0 amide bonds. The Morgan fingerprint density at radius 1 is 1.31 bits per heavy atom. The number of imidazole rings is 1. The van der Waals surface area contributed by atoms with E-state index in [1.807, 2.05) is 6.20 Å². The normalized spacial score (nSPS) is 32.6. The minimum Gasteiger partial charge on any atom is -0.393 e. The van der Waals surface area contributed by atoms with Gasteiger partial charge in [0.15, 0.2) is 0 Å². The van der Waals surface area contributed by atoms with Gasteiger partial charge in [0.1, 0.15) is 0 Å². The number of H-pyrrole nitrogens is 1. The SMILES string of the molecule is OC(C1CCCCC1)C1CC1c1cnc[nH]1. The summed E-state index contributed by atoms with van der Waals surface area (Å²) in [5, 5.41) is 10.3. The first-order chi connectivity index (χ1) is 7.86. The molecule has 2 saturated carbocycles. The lowest BCUT2D eigenvalue weighted by Crippen LogP contribution is -2.25. The number of aromatic nitrogens is 2. The molecule has 3 rings (SSSR count). The van der Waals surface area contributed by atoms with Gasteiger partial charge >= 0.3 is 0 Å². The highest BCUT2D eigenvalue weighted by molar-refractivity contribution is 5.16. The first-order valence-corrected chi connectivity index (χ1v) is 6.52. The minimum absolute atomic E-state index is 0.0754. The zero-order valence-electron chi connectivity index (χ0n) is 9.60. The lowest BCUT2D eigenvalue weighted by Gasteiger charge is -2.26. The Morgan fingerprint density at radius 3 is 2.81 bits per heavy atom. The second kappa shape index (κ2) is 4.21. The molecule has 3 atom stereocenters.